The number of rotatable bonds is 7. The summed E-state index contributed by atoms with van der Waals surface area (Å²) in [6, 6.07) is 11.1. The number of aromatic nitrogens is 1. The Balaban J connectivity index is 1.55. The number of amides is 1. The van der Waals surface area contributed by atoms with E-state index in [1.807, 2.05) is 31.3 Å². The second kappa shape index (κ2) is 9.52. The van der Waals surface area contributed by atoms with E-state index in [9.17, 15) is 4.79 Å². The van der Waals surface area contributed by atoms with Crippen molar-refractivity contribution >= 4 is 11.6 Å². The Kier molecular flexibility index (Phi) is 6.84. The first kappa shape index (κ1) is 20.1. The molecule has 2 heterocycles. The summed E-state index contributed by atoms with van der Waals surface area (Å²) >= 11 is 0. The van der Waals surface area contributed by atoms with Gasteiger partial charge in [-0.2, -0.15) is 0 Å². The fourth-order valence-corrected chi connectivity index (χ4v) is 3.34. The Labute approximate surface area is 166 Å². The fourth-order valence-electron chi connectivity index (χ4n) is 3.34. The van der Waals surface area contributed by atoms with Crippen LogP contribution in [0, 0.1) is 0 Å². The second-order valence-corrected chi connectivity index (χ2v) is 6.86. The number of hydrogen-bond donors (Lipinski definition) is 1. The number of nitrogens with zero attached hydrogens (tertiary/aromatic N) is 3. The van der Waals surface area contributed by atoms with Gasteiger partial charge in [0.2, 0.25) is 5.91 Å². The topological polar surface area (TPSA) is 66.9 Å². The van der Waals surface area contributed by atoms with Crippen LogP contribution in [0.1, 0.15) is 12.6 Å². The Hall–Kier alpha value is -2.64. The summed E-state index contributed by atoms with van der Waals surface area (Å²) in [7, 11) is 3.18. The van der Waals surface area contributed by atoms with E-state index in [0.29, 0.717) is 17.2 Å². The maximum Gasteiger partial charge on any atom is 0.241 e. The smallest absolute Gasteiger partial charge is 0.241 e. The zero-order valence-electron chi connectivity index (χ0n) is 16.7. The van der Waals surface area contributed by atoms with Crippen LogP contribution in [0.4, 0.5) is 5.69 Å². The number of ether oxygens (including phenoxy) is 2. The average molecular weight is 384 g/mol. The van der Waals surface area contributed by atoms with E-state index in [0.717, 1.165) is 38.4 Å². The van der Waals surface area contributed by atoms with E-state index in [1.54, 1.807) is 32.4 Å². The van der Waals surface area contributed by atoms with Crippen LogP contribution in [-0.2, 0) is 11.3 Å². The zero-order chi connectivity index (χ0) is 19.9. The molecule has 7 heteroatoms. The molecule has 1 fully saturated rings. The van der Waals surface area contributed by atoms with Crippen molar-refractivity contribution in [1.82, 2.24) is 14.8 Å². The van der Waals surface area contributed by atoms with Crippen molar-refractivity contribution < 1.29 is 14.3 Å². The molecule has 1 aromatic carbocycles. The molecule has 28 heavy (non-hydrogen) atoms. The quantitative estimate of drug-likeness (QED) is 0.790. The third-order valence-electron chi connectivity index (χ3n) is 5.11. The van der Waals surface area contributed by atoms with Crippen LogP contribution < -0.4 is 14.8 Å². The number of nitrogens with one attached hydrogen (secondary N) is 1. The van der Waals surface area contributed by atoms with Crippen molar-refractivity contribution in [3.63, 3.8) is 0 Å². The van der Waals surface area contributed by atoms with Crippen LogP contribution in [-0.4, -0.2) is 67.1 Å². The van der Waals surface area contributed by atoms with Crippen LogP contribution in [0.3, 0.4) is 0 Å². The summed E-state index contributed by atoms with van der Waals surface area (Å²) in [6.07, 6.45) is 1.82. The Bertz CT molecular complexity index is 776. The van der Waals surface area contributed by atoms with Gasteiger partial charge >= 0.3 is 0 Å². The number of pyridine rings is 1. The van der Waals surface area contributed by atoms with Gasteiger partial charge in [0, 0.05) is 45.0 Å². The number of methoxy groups -OCH3 is 2. The van der Waals surface area contributed by atoms with Gasteiger partial charge in [-0.3, -0.25) is 19.6 Å². The summed E-state index contributed by atoms with van der Waals surface area (Å²) in [5.74, 6) is 1.23. The first-order valence-corrected chi connectivity index (χ1v) is 9.50. The molecule has 1 aliphatic heterocycles. The molecule has 2 aromatic rings. The summed E-state index contributed by atoms with van der Waals surface area (Å²) < 4.78 is 10.6. The highest BCUT2D eigenvalue weighted by atomic mass is 16.5. The molecular formula is C21H28N4O3. The Morgan fingerprint density at radius 1 is 1.14 bits per heavy atom. The minimum atomic E-state index is -0.229. The standard InChI is InChI=1S/C21H28N4O3/c1-16(21(26)23-19-14-18(27-2)7-8-20(19)28-3)25-12-10-24(11-13-25)15-17-6-4-5-9-22-17/h4-9,14,16H,10-13,15H2,1-3H3,(H,23,26). The monoisotopic (exact) mass is 384 g/mol. The molecule has 0 spiro atoms. The van der Waals surface area contributed by atoms with Gasteiger partial charge in [-0.05, 0) is 31.2 Å². The molecule has 0 bridgehead atoms. The van der Waals surface area contributed by atoms with Gasteiger partial charge in [-0.15, -0.1) is 0 Å². The van der Waals surface area contributed by atoms with Crippen molar-refractivity contribution in [3.05, 3.63) is 48.3 Å². The zero-order valence-corrected chi connectivity index (χ0v) is 16.7. The molecule has 1 aromatic heterocycles. The summed E-state index contributed by atoms with van der Waals surface area (Å²) in [5, 5.41) is 2.98. The number of piperazine rings is 1. The molecule has 0 aliphatic carbocycles. The maximum atomic E-state index is 12.8. The summed E-state index contributed by atoms with van der Waals surface area (Å²) in [5.41, 5.74) is 1.69. The van der Waals surface area contributed by atoms with Gasteiger partial charge in [0.1, 0.15) is 11.5 Å². The number of carbonyl (C=O) groups excluding carboxylic acids is 1. The molecule has 1 aliphatic rings. The van der Waals surface area contributed by atoms with Crippen LogP contribution in [0.2, 0.25) is 0 Å². The van der Waals surface area contributed by atoms with Gasteiger partial charge in [0.25, 0.3) is 0 Å². The van der Waals surface area contributed by atoms with Gasteiger partial charge in [0.15, 0.2) is 0 Å². The molecule has 1 atom stereocenters. The first-order chi connectivity index (χ1) is 13.6. The predicted molar refractivity (Wildman–Crippen MR) is 109 cm³/mol. The van der Waals surface area contributed by atoms with Crippen molar-refractivity contribution in [1.29, 1.82) is 0 Å². The molecule has 7 nitrogen and oxygen atoms in total. The van der Waals surface area contributed by atoms with E-state index in [2.05, 4.69) is 20.1 Å². The molecule has 1 saturated heterocycles. The van der Waals surface area contributed by atoms with E-state index >= 15 is 0 Å². The highest BCUT2D eigenvalue weighted by molar-refractivity contribution is 5.96. The van der Waals surface area contributed by atoms with Crippen LogP contribution in [0.15, 0.2) is 42.6 Å². The second-order valence-electron chi connectivity index (χ2n) is 6.86. The van der Waals surface area contributed by atoms with Crippen molar-refractivity contribution in [2.24, 2.45) is 0 Å². The number of anilines is 1. The van der Waals surface area contributed by atoms with Crippen LogP contribution in [0.25, 0.3) is 0 Å². The molecule has 150 valence electrons. The maximum absolute atomic E-state index is 12.8. The highest BCUT2D eigenvalue weighted by Gasteiger charge is 2.26. The molecular weight excluding hydrogens is 356 g/mol. The lowest BCUT2D eigenvalue weighted by molar-refractivity contribution is -0.121. The number of carbonyl (C=O) groups is 1. The van der Waals surface area contributed by atoms with Gasteiger partial charge in [0.05, 0.1) is 31.6 Å². The highest BCUT2D eigenvalue weighted by Crippen LogP contribution is 2.29. The largest absolute Gasteiger partial charge is 0.497 e. The summed E-state index contributed by atoms with van der Waals surface area (Å²) in [6.45, 7) is 6.30. The lowest BCUT2D eigenvalue weighted by atomic mass is 10.2. The SMILES string of the molecule is COc1ccc(OC)c(NC(=O)C(C)N2CCN(Cc3ccccn3)CC2)c1. The average Bonchev–Trinajstić information content (AvgIpc) is 2.74. The van der Waals surface area contributed by atoms with Gasteiger partial charge < -0.3 is 14.8 Å². The van der Waals surface area contributed by atoms with E-state index in [-0.39, 0.29) is 11.9 Å². The van der Waals surface area contributed by atoms with E-state index < -0.39 is 0 Å². The van der Waals surface area contributed by atoms with Crippen molar-refractivity contribution in [3.8, 4) is 11.5 Å². The minimum Gasteiger partial charge on any atom is -0.497 e. The molecule has 0 radical (unpaired) electrons. The Morgan fingerprint density at radius 3 is 2.57 bits per heavy atom. The first-order valence-electron chi connectivity index (χ1n) is 9.50. The third-order valence-corrected chi connectivity index (χ3v) is 5.11. The molecule has 1 N–H and O–H groups in total. The normalized spacial score (nSPS) is 16.4. The van der Waals surface area contributed by atoms with Crippen LogP contribution in [0.5, 0.6) is 11.5 Å². The van der Waals surface area contributed by atoms with Gasteiger partial charge in [-0.1, -0.05) is 6.07 Å². The predicted octanol–water partition coefficient (Wildman–Crippen LogP) is 2.24. The molecule has 1 unspecified atom stereocenters. The van der Waals surface area contributed by atoms with E-state index in [1.165, 1.54) is 0 Å². The van der Waals surface area contributed by atoms with Crippen molar-refractivity contribution in [2.75, 3.05) is 45.7 Å². The van der Waals surface area contributed by atoms with Gasteiger partial charge in [-0.25, -0.2) is 0 Å². The molecule has 0 saturated carbocycles. The molecule has 3 rings (SSSR count). The lowest BCUT2D eigenvalue weighted by Crippen LogP contribution is -2.52. The van der Waals surface area contributed by atoms with Crippen LogP contribution >= 0.6 is 0 Å². The Morgan fingerprint density at radius 2 is 1.93 bits per heavy atom. The minimum absolute atomic E-state index is 0.0512. The van der Waals surface area contributed by atoms with Crippen molar-refractivity contribution in [2.45, 2.75) is 19.5 Å². The number of benzene rings is 1. The third kappa shape index (κ3) is 4.99. The lowest BCUT2D eigenvalue weighted by Gasteiger charge is -2.37. The number of hydrogen-bond acceptors (Lipinski definition) is 6. The van der Waals surface area contributed by atoms with E-state index in [4.69, 9.17) is 9.47 Å². The molecule has 1 amide bonds. The fraction of sp³-hybridized carbons (Fsp3) is 0.429. The summed E-state index contributed by atoms with van der Waals surface area (Å²) in [4.78, 5) is 21.7.